The molecule has 0 N–H and O–H groups in total. The largest absolute Gasteiger partial charge is 0.245 e. The molecule has 0 saturated heterocycles. The van der Waals surface area contributed by atoms with E-state index < -0.39 is 0 Å². The molecule has 0 aliphatic carbocycles. The van der Waals surface area contributed by atoms with Gasteiger partial charge in [0.15, 0.2) is 0 Å². The van der Waals surface area contributed by atoms with Crippen LogP contribution >= 0.6 is 22.9 Å². The van der Waals surface area contributed by atoms with E-state index in [0.717, 1.165) is 41.5 Å². The number of nitrogens with zero attached hydrogens (tertiary/aromatic N) is 3. The van der Waals surface area contributed by atoms with E-state index in [-0.39, 0.29) is 5.41 Å². The van der Waals surface area contributed by atoms with Crippen molar-refractivity contribution < 1.29 is 0 Å². The van der Waals surface area contributed by atoms with Crippen LogP contribution in [0.3, 0.4) is 0 Å². The Kier molecular flexibility index (Phi) is 4.76. The van der Waals surface area contributed by atoms with Crippen molar-refractivity contribution in [2.75, 3.05) is 0 Å². The van der Waals surface area contributed by atoms with Crippen molar-refractivity contribution in [1.29, 1.82) is 0 Å². The van der Waals surface area contributed by atoms with Gasteiger partial charge in [0.1, 0.15) is 11.0 Å². The highest BCUT2D eigenvalue weighted by Gasteiger charge is 2.17. The van der Waals surface area contributed by atoms with Crippen LogP contribution in [0, 0.1) is 0 Å². The van der Waals surface area contributed by atoms with E-state index in [2.05, 4.69) is 43.0 Å². The molecular formula is C15H20ClN3S. The van der Waals surface area contributed by atoms with Crippen LogP contribution in [0.15, 0.2) is 11.4 Å². The first-order valence-corrected chi connectivity index (χ1v) is 8.11. The van der Waals surface area contributed by atoms with E-state index in [1.54, 1.807) is 11.3 Å². The standard InChI is InChI=1S/C15H20ClN3S/c1-5-6-13-17-10(7-12(16)19-13)8-14-18-11(9-20-14)15(2,3)4/h7,9H,5-6,8H2,1-4H3. The summed E-state index contributed by atoms with van der Waals surface area (Å²) in [5, 5.41) is 3.73. The van der Waals surface area contributed by atoms with Gasteiger partial charge < -0.3 is 0 Å². The number of thiazole rings is 1. The lowest BCUT2D eigenvalue weighted by atomic mass is 9.93. The number of aromatic nitrogens is 3. The van der Waals surface area contributed by atoms with E-state index in [0.29, 0.717) is 5.15 Å². The van der Waals surface area contributed by atoms with Gasteiger partial charge in [0.05, 0.1) is 16.4 Å². The highest BCUT2D eigenvalue weighted by Crippen LogP contribution is 2.25. The summed E-state index contributed by atoms with van der Waals surface area (Å²) in [6.45, 7) is 8.63. The smallest absolute Gasteiger partial charge is 0.133 e. The Bertz CT molecular complexity index is 587. The summed E-state index contributed by atoms with van der Waals surface area (Å²) in [5.41, 5.74) is 2.17. The molecule has 3 nitrogen and oxygen atoms in total. The van der Waals surface area contributed by atoms with Crippen molar-refractivity contribution in [3.05, 3.63) is 38.8 Å². The van der Waals surface area contributed by atoms with Gasteiger partial charge >= 0.3 is 0 Å². The molecule has 2 aromatic rings. The lowest BCUT2D eigenvalue weighted by Gasteiger charge is -2.14. The van der Waals surface area contributed by atoms with E-state index in [1.807, 2.05) is 6.07 Å². The van der Waals surface area contributed by atoms with Crippen molar-refractivity contribution in [3.63, 3.8) is 0 Å². The quantitative estimate of drug-likeness (QED) is 0.784. The van der Waals surface area contributed by atoms with Gasteiger partial charge in [-0.2, -0.15) is 0 Å². The van der Waals surface area contributed by atoms with Gasteiger partial charge in [-0.05, 0) is 12.5 Å². The van der Waals surface area contributed by atoms with Gasteiger partial charge in [0.2, 0.25) is 0 Å². The molecule has 0 amide bonds. The van der Waals surface area contributed by atoms with Crippen LogP contribution in [0.25, 0.3) is 0 Å². The Balaban J connectivity index is 2.19. The number of halogens is 1. The number of rotatable bonds is 4. The number of hydrogen-bond donors (Lipinski definition) is 0. The molecule has 0 fully saturated rings. The minimum Gasteiger partial charge on any atom is -0.245 e. The van der Waals surface area contributed by atoms with Crippen molar-refractivity contribution in [1.82, 2.24) is 15.0 Å². The molecule has 2 aromatic heterocycles. The first kappa shape index (κ1) is 15.4. The van der Waals surface area contributed by atoms with E-state index in [9.17, 15) is 0 Å². The molecule has 0 saturated carbocycles. The molecule has 5 heteroatoms. The van der Waals surface area contributed by atoms with Gasteiger partial charge in [-0.1, -0.05) is 39.3 Å². The average molecular weight is 310 g/mol. The first-order chi connectivity index (χ1) is 9.38. The lowest BCUT2D eigenvalue weighted by molar-refractivity contribution is 0.571. The fraction of sp³-hybridized carbons (Fsp3) is 0.533. The Morgan fingerprint density at radius 1 is 1.20 bits per heavy atom. The van der Waals surface area contributed by atoms with Crippen LogP contribution in [-0.4, -0.2) is 15.0 Å². The zero-order valence-corrected chi connectivity index (χ0v) is 14.0. The van der Waals surface area contributed by atoms with Crippen LogP contribution in [0.5, 0.6) is 0 Å². The second-order valence-corrected chi connectivity index (χ2v) is 7.23. The molecule has 0 aromatic carbocycles. The summed E-state index contributed by atoms with van der Waals surface area (Å²) in [5.74, 6) is 0.822. The fourth-order valence-corrected chi connectivity index (χ4v) is 3.09. The average Bonchev–Trinajstić information content (AvgIpc) is 2.76. The van der Waals surface area contributed by atoms with E-state index >= 15 is 0 Å². The molecule has 0 bridgehead atoms. The van der Waals surface area contributed by atoms with Crippen LogP contribution in [0.4, 0.5) is 0 Å². The molecule has 0 aliphatic heterocycles. The highest BCUT2D eigenvalue weighted by molar-refractivity contribution is 7.09. The fourth-order valence-electron chi connectivity index (χ4n) is 1.83. The van der Waals surface area contributed by atoms with Crippen LogP contribution in [0.2, 0.25) is 5.15 Å². The molecule has 0 unspecified atom stereocenters. The van der Waals surface area contributed by atoms with Crippen LogP contribution in [-0.2, 0) is 18.3 Å². The molecule has 0 aliphatic rings. The predicted octanol–water partition coefficient (Wildman–Crippen LogP) is 4.43. The summed E-state index contributed by atoms with van der Waals surface area (Å²) in [6.07, 6.45) is 2.60. The molecule has 0 atom stereocenters. The predicted molar refractivity (Wildman–Crippen MR) is 84.7 cm³/mol. The number of hydrogen-bond acceptors (Lipinski definition) is 4. The monoisotopic (exact) mass is 309 g/mol. The molecule has 108 valence electrons. The zero-order chi connectivity index (χ0) is 14.8. The molecule has 0 spiro atoms. The van der Waals surface area contributed by atoms with Crippen molar-refractivity contribution in [2.24, 2.45) is 0 Å². The van der Waals surface area contributed by atoms with Gasteiger partial charge in [-0.15, -0.1) is 11.3 Å². The zero-order valence-electron chi connectivity index (χ0n) is 12.4. The SMILES string of the molecule is CCCc1nc(Cl)cc(Cc2nc(C(C)(C)C)cs2)n1. The molecule has 0 radical (unpaired) electrons. The van der Waals surface area contributed by atoms with Gasteiger partial charge in [0, 0.05) is 23.6 Å². The third-order valence-electron chi connectivity index (χ3n) is 2.92. The Hall–Kier alpha value is -1.00. The van der Waals surface area contributed by atoms with Gasteiger partial charge in [-0.3, -0.25) is 0 Å². The Morgan fingerprint density at radius 3 is 2.55 bits per heavy atom. The highest BCUT2D eigenvalue weighted by atomic mass is 35.5. The van der Waals surface area contributed by atoms with Crippen molar-refractivity contribution in [2.45, 2.75) is 52.4 Å². The normalized spacial score (nSPS) is 11.8. The van der Waals surface area contributed by atoms with E-state index in [1.165, 1.54) is 0 Å². The minimum atomic E-state index is 0.0887. The van der Waals surface area contributed by atoms with Gasteiger partial charge in [0.25, 0.3) is 0 Å². The van der Waals surface area contributed by atoms with E-state index in [4.69, 9.17) is 16.6 Å². The summed E-state index contributed by atoms with van der Waals surface area (Å²) in [4.78, 5) is 13.5. The second-order valence-electron chi connectivity index (χ2n) is 5.90. The second kappa shape index (κ2) is 6.19. The molecule has 2 heterocycles. The maximum absolute atomic E-state index is 6.06. The van der Waals surface area contributed by atoms with Crippen molar-refractivity contribution in [3.8, 4) is 0 Å². The maximum Gasteiger partial charge on any atom is 0.133 e. The first-order valence-electron chi connectivity index (χ1n) is 6.85. The summed E-state index contributed by atoms with van der Waals surface area (Å²) in [6, 6.07) is 1.83. The summed E-state index contributed by atoms with van der Waals surface area (Å²) in [7, 11) is 0. The molecule has 2 rings (SSSR count). The maximum atomic E-state index is 6.06. The molecule has 20 heavy (non-hydrogen) atoms. The van der Waals surface area contributed by atoms with Crippen LogP contribution < -0.4 is 0 Å². The van der Waals surface area contributed by atoms with Crippen LogP contribution in [0.1, 0.15) is 56.3 Å². The topological polar surface area (TPSA) is 38.7 Å². The summed E-state index contributed by atoms with van der Waals surface area (Å²) >= 11 is 7.74. The lowest BCUT2D eigenvalue weighted by Crippen LogP contribution is -2.11. The Morgan fingerprint density at radius 2 is 1.95 bits per heavy atom. The third-order valence-corrected chi connectivity index (χ3v) is 3.96. The Labute approximate surface area is 129 Å². The number of aryl methyl sites for hydroxylation is 1. The van der Waals surface area contributed by atoms with Crippen molar-refractivity contribution >= 4 is 22.9 Å². The van der Waals surface area contributed by atoms with Gasteiger partial charge in [-0.25, -0.2) is 15.0 Å². The third kappa shape index (κ3) is 4.00. The summed E-state index contributed by atoms with van der Waals surface area (Å²) < 4.78 is 0. The molecular weight excluding hydrogens is 290 g/mol. The minimum absolute atomic E-state index is 0.0887.